The number of nitrogens with two attached hydrogens (primary N) is 1. The predicted octanol–water partition coefficient (Wildman–Crippen LogP) is 3.45. The molecule has 0 radical (unpaired) electrons. The number of hydrogen-bond acceptors (Lipinski definition) is 7. The molecule has 1 aliphatic rings. The molecule has 1 aromatic heterocycles. The minimum absolute atomic E-state index is 0.101. The van der Waals surface area contributed by atoms with Crippen molar-refractivity contribution in [2.24, 2.45) is 5.73 Å². The molecular formula is C33H35F2N5O4. The van der Waals surface area contributed by atoms with Gasteiger partial charge in [0.05, 0.1) is 25.8 Å². The molecule has 9 nitrogen and oxygen atoms in total. The van der Waals surface area contributed by atoms with E-state index >= 15 is 0 Å². The largest absolute Gasteiger partial charge is 0.465 e. The van der Waals surface area contributed by atoms with E-state index in [0.717, 1.165) is 27.8 Å². The van der Waals surface area contributed by atoms with Crippen molar-refractivity contribution in [2.75, 3.05) is 38.2 Å². The van der Waals surface area contributed by atoms with Crippen molar-refractivity contribution in [1.82, 2.24) is 14.0 Å². The van der Waals surface area contributed by atoms with E-state index in [0.29, 0.717) is 49.7 Å². The van der Waals surface area contributed by atoms with Gasteiger partial charge in [-0.15, -0.1) is 0 Å². The van der Waals surface area contributed by atoms with Gasteiger partial charge in [0.1, 0.15) is 17.3 Å². The van der Waals surface area contributed by atoms with Crippen molar-refractivity contribution >= 4 is 11.7 Å². The van der Waals surface area contributed by atoms with Crippen LogP contribution in [0.1, 0.15) is 38.8 Å². The third kappa shape index (κ3) is 6.48. The highest BCUT2D eigenvalue weighted by molar-refractivity contribution is 5.89. The first-order valence-electron chi connectivity index (χ1n) is 14.4. The standard InChI is InChI=1S/C33H35F2N5O4/c1-22-30(38-17-15-37(16-18-38)19-23-11-13-25(14-12-23)32(42)44-2)31(41)40(21-29(36)24-7-4-3-5-8-24)33(43)39(22)20-26-27(34)9-6-10-28(26)35/h3-14,29H,15-21,36H2,1-2H3/t29-/m1/s1. The van der Waals surface area contributed by atoms with Crippen molar-refractivity contribution in [1.29, 1.82) is 0 Å². The molecule has 1 atom stereocenters. The van der Waals surface area contributed by atoms with Crippen LogP contribution in [-0.4, -0.2) is 53.3 Å². The molecule has 0 amide bonds. The first-order chi connectivity index (χ1) is 21.2. The number of esters is 1. The zero-order chi connectivity index (χ0) is 31.4. The van der Waals surface area contributed by atoms with Gasteiger partial charge in [0.15, 0.2) is 0 Å². The van der Waals surface area contributed by atoms with Crippen molar-refractivity contribution in [3.05, 3.63) is 133 Å². The van der Waals surface area contributed by atoms with Gasteiger partial charge in [-0.1, -0.05) is 48.5 Å². The second-order valence-corrected chi connectivity index (χ2v) is 10.9. The number of aromatic nitrogens is 2. The Labute approximate surface area is 253 Å². The average molecular weight is 604 g/mol. The number of anilines is 1. The summed E-state index contributed by atoms with van der Waals surface area (Å²) >= 11 is 0. The number of halogens is 2. The number of nitrogens with zero attached hydrogens (tertiary/aromatic N) is 4. The topological polar surface area (TPSA) is 103 Å². The molecule has 2 heterocycles. The van der Waals surface area contributed by atoms with Crippen molar-refractivity contribution in [3.8, 4) is 0 Å². The zero-order valence-corrected chi connectivity index (χ0v) is 24.7. The van der Waals surface area contributed by atoms with E-state index < -0.39 is 34.9 Å². The van der Waals surface area contributed by atoms with Gasteiger partial charge in [-0.2, -0.15) is 0 Å². The molecule has 0 spiro atoms. The number of hydrogen-bond donors (Lipinski definition) is 1. The van der Waals surface area contributed by atoms with Crippen LogP contribution in [0.3, 0.4) is 0 Å². The summed E-state index contributed by atoms with van der Waals surface area (Å²) in [5.74, 6) is -1.94. The first kappa shape index (κ1) is 30.8. The number of rotatable bonds is 9. The molecule has 44 heavy (non-hydrogen) atoms. The highest BCUT2D eigenvalue weighted by Gasteiger charge is 2.26. The molecule has 1 saturated heterocycles. The Balaban J connectivity index is 1.44. The van der Waals surface area contributed by atoms with E-state index in [-0.39, 0.29) is 18.7 Å². The Morgan fingerprint density at radius 1 is 0.864 bits per heavy atom. The molecule has 0 bridgehead atoms. The molecule has 1 fully saturated rings. The smallest absolute Gasteiger partial charge is 0.337 e. The van der Waals surface area contributed by atoms with Crippen LogP contribution in [0.25, 0.3) is 0 Å². The molecule has 3 aromatic carbocycles. The van der Waals surface area contributed by atoms with Crippen LogP contribution in [0.5, 0.6) is 0 Å². The highest BCUT2D eigenvalue weighted by Crippen LogP contribution is 2.21. The van der Waals surface area contributed by atoms with E-state index in [1.165, 1.54) is 17.7 Å². The van der Waals surface area contributed by atoms with E-state index in [1.807, 2.05) is 47.4 Å². The lowest BCUT2D eigenvalue weighted by Crippen LogP contribution is -2.51. The molecular weight excluding hydrogens is 568 g/mol. The molecule has 0 unspecified atom stereocenters. The van der Waals surface area contributed by atoms with Gasteiger partial charge >= 0.3 is 11.7 Å². The van der Waals surface area contributed by atoms with Gasteiger partial charge in [0.2, 0.25) is 0 Å². The maximum atomic E-state index is 14.7. The molecule has 0 saturated carbocycles. The second kappa shape index (κ2) is 13.4. The van der Waals surface area contributed by atoms with E-state index in [9.17, 15) is 23.2 Å². The lowest BCUT2D eigenvalue weighted by Gasteiger charge is -2.37. The molecule has 0 aliphatic carbocycles. The third-order valence-corrected chi connectivity index (χ3v) is 8.11. The highest BCUT2D eigenvalue weighted by atomic mass is 19.1. The molecule has 11 heteroatoms. The van der Waals surface area contributed by atoms with Gasteiger partial charge in [0.25, 0.3) is 5.56 Å². The van der Waals surface area contributed by atoms with Crippen LogP contribution in [-0.2, 0) is 24.4 Å². The summed E-state index contributed by atoms with van der Waals surface area (Å²) in [6.45, 7) is 4.05. The fourth-order valence-electron chi connectivity index (χ4n) is 5.59. The first-order valence-corrected chi connectivity index (χ1v) is 14.4. The summed E-state index contributed by atoms with van der Waals surface area (Å²) in [5, 5.41) is 0. The van der Waals surface area contributed by atoms with Gasteiger partial charge in [0, 0.05) is 50.0 Å². The summed E-state index contributed by atoms with van der Waals surface area (Å²) in [6, 6.07) is 19.3. The van der Waals surface area contributed by atoms with Crippen molar-refractivity contribution in [2.45, 2.75) is 32.6 Å². The Kier molecular flexibility index (Phi) is 9.36. The van der Waals surface area contributed by atoms with Crippen LogP contribution >= 0.6 is 0 Å². The number of carbonyl (C=O) groups excluding carboxylic acids is 1. The van der Waals surface area contributed by atoms with Gasteiger partial charge in [-0.3, -0.25) is 18.8 Å². The van der Waals surface area contributed by atoms with Crippen LogP contribution in [0, 0.1) is 18.6 Å². The lowest BCUT2D eigenvalue weighted by atomic mass is 10.1. The predicted molar refractivity (Wildman–Crippen MR) is 164 cm³/mol. The van der Waals surface area contributed by atoms with E-state index in [1.54, 1.807) is 19.1 Å². The van der Waals surface area contributed by atoms with Crippen molar-refractivity contribution in [3.63, 3.8) is 0 Å². The molecule has 2 N–H and O–H groups in total. The SMILES string of the molecule is COC(=O)c1ccc(CN2CCN(c3c(C)n(Cc4c(F)cccc4F)c(=O)n(C[C@@H](N)c4ccccc4)c3=O)CC2)cc1. The Morgan fingerprint density at radius 3 is 2.11 bits per heavy atom. The summed E-state index contributed by atoms with van der Waals surface area (Å²) in [7, 11) is 1.34. The fraction of sp³-hybridized carbons (Fsp3) is 0.303. The maximum absolute atomic E-state index is 14.7. The normalized spacial score (nSPS) is 14.4. The van der Waals surface area contributed by atoms with E-state index in [2.05, 4.69) is 4.90 Å². The van der Waals surface area contributed by atoms with Crippen LogP contribution in [0.4, 0.5) is 14.5 Å². The average Bonchev–Trinajstić information content (AvgIpc) is 3.03. The quantitative estimate of drug-likeness (QED) is 0.293. The zero-order valence-electron chi connectivity index (χ0n) is 24.7. The minimum atomic E-state index is -0.773. The summed E-state index contributed by atoms with van der Waals surface area (Å²) < 4.78 is 36.5. The van der Waals surface area contributed by atoms with Crippen molar-refractivity contribution < 1.29 is 18.3 Å². The summed E-state index contributed by atoms with van der Waals surface area (Å²) in [5.41, 5.74) is 7.90. The molecule has 230 valence electrons. The Bertz CT molecular complexity index is 1730. The lowest BCUT2D eigenvalue weighted by molar-refractivity contribution is 0.0600. The molecule has 5 rings (SSSR count). The third-order valence-electron chi connectivity index (χ3n) is 8.11. The minimum Gasteiger partial charge on any atom is -0.465 e. The van der Waals surface area contributed by atoms with Crippen LogP contribution in [0.2, 0.25) is 0 Å². The van der Waals surface area contributed by atoms with Gasteiger partial charge in [-0.05, 0) is 42.3 Å². The van der Waals surface area contributed by atoms with Gasteiger partial charge < -0.3 is 15.4 Å². The molecule has 4 aromatic rings. The number of benzene rings is 3. The number of piperazine rings is 1. The summed E-state index contributed by atoms with van der Waals surface area (Å²) in [6.07, 6.45) is 0. The second-order valence-electron chi connectivity index (χ2n) is 10.9. The maximum Gasteiger partial charge on any atom is 0.337 e. The monoisotopic (exact) mass is 603 g/mol. The Morgan fingerprint density at radius 2 is 1.50 bits per heavy atom. The summed E-state index contributed by atoms with van der Waals surface area (Å²) in [4.78, 5) is 43.6. The number of methoxy groups -OCH3 is 1. The van der Waals surface area contributed by atoms with Gasteiger partial charge in [-0.25, -0.2) is 18.4 Å². The fourth-order valence-corrected chi connectivity index (χ4v) is 5.59. The number of ether oxygens (including phenoxy) is 1. The van der Waals surface area contributed by atoms with Crippen LogP contribution in [0.15, 0.2) is 82.4 Å². The Hall–Kier alpha value is -4.61. The number of carbonyl (C=O) groups is 1. The van der Waals surface area contributed by atoms with E-state index in [4.69, 9.17) is 10.5 Å². The molecule has 1 aliphatic heterocycles. The van der Waals surface area contributed by atoms with Crippen LogP contribution < -0.4 is 21.9 Å².